The summed E-state index contributed by atoms with van der Waals surface area (Å²) in [6.07, 6.45) is 2.07. The van der Waals surface area contributed by atoms with Crippen molar-refractivity contribution >= 4 is 17.0 Å². The summed E-state index contributed by atoms with van der Waals surface area (Å²) in [5.74, 6) is 0. The predicted octanol–water partition coefficient (Wildman–Crippen LogP) is 5.01. The molecule has 0 aliphatic carbocycles. The zero-order valence-electron chi connectivity index (χ0n) is 11.9. The number of hydrogen-bond acceptors (Lipinski definition) is 2. The fraction of sp³-hybridized carbons (Fsp3) is 0.158. The van der Waals surface area contributed by atoms with Crippen LogP contribution >= 0.6 is 11.3 Å². The molecule has 1 heterocycles. The summed E-state index contributed by atoms with van der Waals surface area (Å²) in [6.45, 7) is 0. The molecule has 0 fully saturated rings. The van der Waals surface area contributed by atoms with Crippen molar-refractivity contribution in [1.29, 1.82) is 0 Å². The molecule has 2 heteroatoms. The third-order valence-corrected chi connectivity index (χ3v) is 4.23. The number of thiophene rings is 1. The van der Waals surface area contributed by atoms with Crippen LogP contribution in [-0.2, 0) is 12.8 Å². The standard InChI is InChI=1S/C19H19NS/c1-3-7-16(8-4-1)13-19(20-18-11-12-21-15-18)14-17-9-5-2-6-10-17/h1-12,15,19-20H,13-14H2. The van der Waals surface area contributed by atoms with E-state index in [0.717, 1.165) is 12.8 Å². The zero-order valence-corrected chi connectivity index (χ0v) is 12.7. The average Bonchev–Trinajstić information content (AvgIpc) is 3.02. The lowest BCUT2D eigenvalue weighted by Crippen LogP contribution is -2.24. The molecule has 0 aliphatic rings. The van der Waals surface area contributed by atoms with E-state index in [-0.39, 0.29) is 0 Å². The first-order valence-electron chi connectivity index (χ1n) is 7.27. The van der Waals surface area contributed by atoms with Crippen LogP contribution in [0, 0.1) is 0 Å². The van der Waals surface area contributed by atoms with E-state index in [2.05, 4.69) is 82.8 Å². The summed E-state index contributed by atoms with van der Waals surface area (Å²) in [5, 5.41) is 7.95. The van der Waals surface area contributed by atoms with Gasteiger partial charge in [-0.1, -0.05) is 60.7 Å². The van der Waals surface area contributed by atoms with Gasteiger partial charge in [0.05, 0.1) is 0 Å². The molecule has 0 aliphatic heterocycles. The van der Waals surface area contributed by atoms with Gasteiger partial charge in [0.1, 0.15) is 0 Å². The molecule has 1 nitrogen and oxygen atoms in total. The Morgan fingerprint density at radius 3 is 1.81 bits per heavy atom. The maximum absolute atomic E-state index is 3.67. The van der Waals surface area contributed by atoms with Gasteiger partial charge in [0, 0.05) is 17.1 Å². The molecule has 0 saturated heterocycles. The first kappa shape index (κ1) is 13.9. The SMILES string of the molecule is c1ccc(CC(Cc2ccccc2)Nc2ccsc2)cc1. The number of nitrogens with one attached hydrogen (secondary N) is 1. The first-order valence-corrected chi connectivity index (χ1v) is 8.21. The molecule has 1 aromatic heterocycles. The number of benzene rings is 2. The molecule has 2 aromatic carbocycles. The normalized spacial score (nSPS) is 10.7. The summed E-state index contributed by atoms with van der Waals surface area (Å²) >= 11 is 1.73. The molecule has 0 amide bonds. The lowest BCUT2D eigenvalue weighted by molar-refractivity contribution is 0.711. The van der Waals surface area contributed by atoms with Crippen LogP contribution < -0.4 is 5.32 Å². The van der Waals surface area contributed by atoms with E-state index < -0.39 is 0 Å². The van der Waals surface area contributed by atoms with Gasteiger partial charge in [-0.25, -0.2) is 0 Å². The molecule has 3 rings (SSSR count). The van der Waals surface area contributed by atoms with Crippen molar-refractivity contribution in [3.8, 4) is 0 Å². The maximum atomic E-state index is 3.67. The van der Waals surface area contributed by atoms with Crippen LogP contribution in [0.2, 0.25) is 0 Å². The first-order chi connectivity index (χ1) is 10.4. The number of hydrogen-bond donors (Lipinski definition) is 1. The van der Waals surface area contributed by atoms with Crippen molar-refractivity contribution in [3.05, 3.63) is 88.6 Å². The average molecular weight is 293 g/mol. The quantitative estimate of drug-likeness (QED) is 0.673. The molecule has 0 saturated carbocycles. The van der Waals surface area contributed by atoms with Gasteiger partial charge < -0.3 is 5.32 Å². The Hall–Kier alpha value is -2.06. The Balaban J connectivity index is 1.74. The van der Waals surface area contributed by atoms with Gasteiger partial charge in [-0.05, 0) is 35.4 Å². The Bertz CT molecular complexity index is 590. The highest BCUT2D eigenvalue weighted by Crippen LogP contribution is 2.17. The summed E-state index contributed by atoms with van der Waals surface area (Å²) < 4.78 is 0. The van der Waals surface area contributed by atoms with E-state index in [1.54, 1.807) is 11.3 Å². The largest absolute Gasteiger partial charge is 0.381 e. The summed E-state index contributed by atoms with van der Waals surface area (Å²) in [7, 11) is 0. The molecular weight excluding hydrogens is 274 g/mol. The van der Waals surface area contributed by atoms with E-state index in [9.17, 15) is 0 Å². The van der Waals surface area contributed by atoms with Crippen LogP contribution in [-0.4, -0.2) is 6.04 Å². The zero-order chi connectivity index (χ0) is 14.3. The van der Waals surface area contributed by atoms with E-state index in [4.69, 9.17) is 0 Å². The summed E-state index contributed by atoms with van der Waals surface area (Å²) in [4.78, 5) is 0. The van der Waals surface area contributed by atoms with Gasteiger partial charge in [-0.3, -0.25) is 0 Å². The lowest BCUT2D eigenvalue weighted by Gasteiger charge is -2.19. The summed E-state index contributed by atoms with van der Waals surface area (Å²) in [5.41, 5.74) is 3.97. The molecule has 0 unspecified atom stereocenters. The highest BCUT2D eigenvalue weighted by Gasteiger charge is 2.11. The molecule has 3 aromatic rings. The molecule has 106 valence electrons. The second-order valence-electron chi connectivity index (χ2n) is 5.23. The lowest BCUT2D eigenvalue weighted by atomic mass is 9.99. The van der Waals surface area contributed by atoms with Gasteiger partial charge in [-0.15, -0.1) is 0 Å². The minimum atomic E-state index is 0.407. The number of anilines is 1. The molecule has 0 radical (unpaired) electrons. The summed E-state index contributed by atoms with van der Waals surface area (Å²) in [6, 6.07) is 23.9. The van der Waals surface area contributed by atoms with Crippen molar-refractivity contribution in [3.63, 3.8) is 0 Å². The minimum absolute atomic E-state index is 0.407. The fourth-order valence-electron chi connectivity index (χ4n) is 2.55. The molecule has 1 N–H and O–H groups in total. The van der Waals surface area contributed by atoms with Crippen molar-refractivity contribution in [2.75, 3.05) is 5.32 Å². The van der Waals surface area contributed by atoms with Crippen molar-refractivity contribution in [2.24, 2.45) is 0 Å². The van der Waals surface area contributed by atoms with Gasteiger partial charge in [-0.2, -0.15) is 11.3 Å². The maximum Gasteiger partial charge on any atom is 0.0451 e. The second kappa shape index (κ2) is 7.09. The Morgan fingerprint density at radius 1 is 0.762 bits per heavy atom. The van der Waals surface area contributed by atoms with Gasteiger partial charge >= 0.3 is 0 Å². The van der Waals surface area contributed by atoms with Gasteiger partial charge in [0.25, 0.3) is 0 Å². The Kier molecular flexibility index (Phi) is 4.70. The van der Waals surface area contributed by atoms with Crippen LogP contribution in [0.15, 0.2) is 77.5 Å². The third kappa shape index (κ3) is 4.20. The van der Waals surface area contributed by atoms with Crippen LogP contribution in [0.1, 0.15) is 11.1 Å². The smallest absolute Gasteiger partial charge is 0.0451 e. The van der Waals surface area contributed by atoms with Crippen molar-refractivity contribution in [2.45, 2.75) is 18.9 Å². The highest BCUT2D eigenvalue weighted by atomic mass is 32.1. The monoisotopic (exact) mass is 293 g/mol. The third-order valence-electron chi connectivity index (χ3n) is 3.54. The van der Waals surface area contributed by atoms with E-state index >= 15 is 0 Å². The van der Waals surface area contributed by atoms with Crippen molar-refractivity contribution in [1.82, 2.24) is 0 Å². The number of rotatable bonds is 6. The molecule has 0 atom stereocenters. The molecule has 21 heavy (non-hydrogen) atoms. The van der Waals surface area contributed by atoms with Crippen LogP contribution in [0.5, 0.6) is 0 Å². The molecule has 0 spiro atoms. The second-order valence-corrected chi connectivity index (χ2v) is 6.01. The van der Waals surface area contributed by atoms with Crippen molar-refractivity contribution < 1.29 is 0 Å². The minimum Gasteiger partial charge on any atom is -0.381 e. The van der Waals surface area contributed by atoms with Crippen LogP contribution in [0.4, 0.5) is 5.69 Å². The van der Waals surface area contributed by atoms with E-state index in [1.165, 1.54) is 16.8 Å². The fourth-order valence-corrected chi connectivity index (χ4v) is 3.15. The van der Waals surface area contributed by atoms with E-state index in [0.29, 0.717) is 6.04 Å². The van der Waals surface area contributed by atoms with Gasteiger partial charge in [0.2, 0.25) is 0 Å². The topological polar surface area (TPSA) is 12.0 Å². The van der Waals surface area contributed by atoms with E-state index in [1.807, 2.05) is 0 Å². The predicted molar refractivity (Wildman–Crippen MR) is 92.0 cm³/mol. The molecular formula is C19H19NS. The van der Waals surface area contributed by atoms with Crippen LogP contribution in [0.3, 0.4) is 0 Å². The van der Waals surface area contributed by atoms with Gasteiger partial charge in [0.15, 0.2) is 0 Å². The molecule has 0 bridgehead atoms. The highest BCUT2D eigenvalue weighted by molar-refractivity contribution is 7.08. The Labute approximate surface area is 130 Å². The Morgan fingerprint density at radius 2 is 1.33 bits per heavy atom. The van der Waals surface area contributed by atoms with Crippen LogP contribution in [0.25, 0.3) is 0 Å².